The van der Waals surface area contributed by atoms with Crippen molar-refractivity contribution in [2.24, 2.45) is 5.41 Å². The van der Waals surface area contributed by atoms with Crippen molar-refractivity contribution in [2.75, 3.05) is 13.7 Å². The molecule has 1 fully saturated rings. The summed E-state index contributed by atoms with van der Waals surface area (Å²) in [6, 6.07) is 2.27. The highest BCUT2D eigenvalue weighted by Gasteiger charge is 2.40. The van der Waals surface area contributed by atoms with Gasteiger partial charge in [-0.2, -0.15) is 5.26 Å². The van der Waals surface area contributed by atoms with Gasteiger partial charge in [0.1, 0.15) is 5.41 Å². The lowest BCUT2D eigenvalue weighted by molar-refractivity contribution is -0.131. The molecule has 4 heteroatoms. The van der Waals surface area contributed by atoms with Gasteiger partial charge in [-0.25, -0.2) is 0 Å². The van der Waals surface area contributed by atoms with Gasteiger partial charge >= 0.3 is 0 Å². The van der Waals surface area contributed by atoms with Crippen molar-refractivity contribution in [3.63, 3.8) is 0 Å². The summed E-state index contributed by atoms with van der Waals surface area (Å²) in [5.74, 6) is -0.131. The number of rotatable bonds is 4. The fourth-order valence-electron chi connectivity index (χ4n) is 2.55. The number of hydrogen-bond donors (Lipinski definition) is 1. The van der Waals surface area contributed by atoms with Crippen molar-refractivity contribution in [1.29, 1.82) is 5.26 Å². The second kappa shape index (κ2) is 6.19. The molecule has 0 unspecified atom stereocenters. The van der Waals surface area contributed by atoms with Crippen molar-refractivity contribution in [3.05, 3.63) is 0 Å². The zero-order valence-electron chi connectivity index (χ0n) is 11.7. The molecule has 1 N–H and O–H groups in total. The smallest absolute Gasteiger partial charge is 0.240 e. The van der Waals surface area contributed by atoms with Crippen LogP contribution in [0.3, 0.4) is 0 Å². The van der Waals surface area contributed by atoms with Gasteiger partial charge in [-0.3, -0.25) is 4.79 Å². The molecule has 102 valence electrons. The number of hydrogen-bond acceptors (Lipinski definition) is 3. The first-order valence-electron chi connectivity index (χ1n) is 6.69. The first-order chi connectivity index (χ1) is 8.46. The van der Waals surface area contributed by atoms with Gasteiger partial charge < -0.3 is 10.1 Å². The fraction of sp³-hybridized carbons (Fsp3) is 0.857. The quantitative estimate of drug-likeness (QED) is 0.781. The Labute approximate surface area is 110 Å². The normalized spacial score (nSPS) is 19.7. The van der Waals surface area contributed by atoms with Crippen molar-refractivity contribution in [3.8, 4) is 6.07 Å². The molecule has 0 spiro atoms. The minimum absolute atomic E-state index is 0.131. The monoisotopic (exact) mass is 252 g/mol. The van der Waals surface area contributed by atoms with E-state index in [1.165, 1.54) is 0 Å². The van der Waals surface area contributed by atoms with E-state index >= 15 is 0 Å². The van der Waals surface area contributed by atoms with E-state index in [0.717, 1.165) is 25.7 Å². The predicted molar refractivity (Wildman–Crippen MR) is 69.8 cm³/mol. The maximum atomic E-state index is 12.4. The summed E-state index contributed by atoms with van der Waals surface area (Å²) in [5, 5.41) is 12.4. The minimum Gasteiger partial charge on any atom is -0.382 e. The largest absolute Gasteiger partial charge is 0.382 e. The van der Waals surface area contributed by atoms with Gasteiger partial charge in [-0.05, 0) is 26.7 Å². The Morgan fingerprint density at radius 1 is 1.33 bits per heavy atom. The van der Waals surface area contributed by atoms with Crippen LogP contribution in [0.2, 0.25) is 0 Å². The second-order valence-electron chi connectivity index (χ2n) is 5.88. The molecule has 1 amide bonds. The molecule has 0 aromatic rings. The van der Waals surface area contributed by atoms with E-state index in [0.29, 0.717) is 19.4 Å². The van der Waals surface area contributed by atoms with Crippen molar-refractivity contribution >= 4 is 5.91 Å². The summed E-state index contributed by atoms with van der Waals surface area (Å²) in [5.41, 5.74) is -1.26. The van der Waals surface area contributed by atoms with Gasteiger partial charge in [0.15, 0.2) is 0 Å². The average molecular weight is 252 g/mol. The molecular weight excluding hydrogens is 228 g/mol. The average Bonchev–Trinajstić information content (AvgIpc) is 2.54. The SMILES string of the molecule is COCC(C)(C)NC(=O)C1(C#N)CCCCCC1. The van der Waals surface area contributed by atoms with E-state index in [-0.39, 0.29) is 5.91 Å². The Kier molecular flexibility index (Phi) is 5.15. The first-order valence-corrected chi connectivity index (χ1v) is 6.69. The van der Waals surface area contributed by atoms with E-state index in [9.17, 15) is 10.1 Å². The van der Waals surface area contributed by atoms with Crippen molar-refractivity contribution in [1.82, 2.24) is 5.32 Å². The molecule has 0 saturated heterocycles. The molecule has 1 saturated carbocycles. The van der Waals surface area contributed by atoms with E-state index in [1.807, 2.05) is 13.8 Å². The van der Waals surface area contributed by atoms with E-state index in [2.05, 4.69) is 11.4 Å². The Bertz CT molecular complexity index is 323. The molecule has 1 aliphatic carbocycles. The highest BCUT2D eigenvalue weighted by Crippen LogP contribution is 2.35. The molecule has 18 heavy (non-hydrogen) atoms. The first kappa shape index (κ1) is 15.0. The number of carbonyl (C=O) groups excluding carboxylic acids is 1. The van der Waals surface area contributed by atoms with Crippen LogP contribution in [0.4, 0.5) is 0 Å². The minimum atomic E-state index is -0.832. The summed E-state index contributed by atoms with van der Waals surface area (Å²) in [4.78, 5) is 12.4. The highest BCUT2D eigenvalue weighted by atomic mass is 16.5. The Morgan fingerprint density at radius 2 is 1.89 bits per heavy atom. The number of methoxy groups -OCH3 is 1. The molecule has 0 aromatic carbocycles. The van der Waals surface area contributed by atoms with Crippen molar-refractivity contribution < 1.29 is 9.53 Å². The standard InChI is InChI=1S/C14H24N2O2/c1-13(2,11-18-3)16-12(17)14(10-15)8-6-4-5-7-9-14/h4-9,11H2,1-3H3,(H,16,17). The lowest BCUT2D eigenvalue weighted by Gasteiger charge is -2.31. The molecule has 0 radical (unpaired) electrons. The Balaban J connectivity index is 2.75. The molecule has 1 aliphatic rings. The predicted octanol–water partition coefficient (Wildman–Crippen LogP) is 2.39. The maximum Gasteiger partial charge on any atom is 0.240 e. The third-order valence-electron chi connectivity index (χ3n) is 3.56. The highest BCUT2D eigenvalue weighted by molar-refractivity contribution is 5.86. The van der Waals surface area contributed by atoms with E-state index in [4.69, 9.17) is 4.74 Å². The number of nitrogens with zero attached hydrogens (tertiary/aromatic N) is 1. The third kappa shape index (κ3) is 3.71. The lowest BCUT2D eigenvalue weighted by Crippen LogP contribution is -2.52. The van der Waals surface area contributed by atoms with Crippen LogP contribution in [0, 0.1) is 16.7 Å². The van der Waals surface area contributed by atoms with Gasteiger partial charge in [0.2, 0.25) is 5.91 Å². The van der Waals surface area contributed by atoms with Crippen molar-refractivity contribution in [2.45, 2.75) is 57.9 Å². The number of nitrogens with one attached hydrogen (secondary N) is 1. The Hall–Kier alpha value is -1.08. The number of nitriles is 1. The van der Waals surface area contributed by atoms with Crippen LogP contribution >= 0.6 is 0 Å². The zero-order chi connectivity index (χ0) is 13.6. The van der Waals surface area contributed by atoms with Crippen LogP contribution in [0.1, 0.15) is 52.4 Å². The zero-order valence-corrected chi connectivity index (χ0v) is 11.7. The number of ether oxygens (including phenoxy) is 1. The molecule has 0 bridgehead atoms. The second-order valence-corrected chi connectivity index (χ2v) is 5.88. The summed E-state index contributed by atoms with van der Waals surface area (Å²) in [7, 11) is 1.61. The fourth-order valence-corrected chi connectivity index (χ4v) is 2.55. The number of amides is 1. The van der Waals surface area contributed by atoms with Gasteiger partial charge in [0.25, 0.3) is 0 Å². The summed E-state index contributed by atoms with van der Waals surface area (Å²) in [6.45, 7) is 4.27. The van der Waals surface area contributed by atoms with Gasteiger partial charge in [0, 0.05) is 7.11 Å². The van der Waals surface area contributed by atoms with Gasteiger partial charge in [-0.15, -0.1) is 0 Å². The van der Waals surface area contributed by atoms with Crippen LogP contribution in [0.25, 0.3) is 0 Å². The topological polar surface area (TPSA) is 62.1 Å². The van der Waals surface area contributed by atoms with Crippen LogP contribution < -0.4 is 5.32 Å². The molecule has 0 aliphatic heterocycles. The molecule has 0 atom stereocenters. The summed E-state index contributed by atoms with van der Waals surface area (Å²) >= 11 is 0. The van der Waals surface area contributed by atoms with Crippen LogP contribution in [0.15, 0.2) is 0 Å². The maximum absolute atomic E-state index is 12.4. The van der Waals surface area contributed by atoms with E-state index < -0.39 is 11.0 Å². The lowest BCUT2D eigenvalue weighted by atomic mass is 9.80. The molecular formula is C14H24N2O2. The number of carbonyl (C=O) groups is 1. The third-order valence-corrected chi connectivity index (χ3v) is 3.56. The van der Waals surface area contributed by atoms with Gasteiger partial charge in [-0.1, -0.05) is 25.7 Å². The molecule has 4 nitrogen and oxygen atoms in total. The molecule has 1 rings (SSSR count). The molecule has 0 aromatic heterocycles. The van der Waals surface area contributed by atoms with Crippen LogP contribution in [-0.2, 0) is 9.53 Å². The van der Waals surface area contributed by atoms with E-state index in [1.54, 1.807) is 7.11 Å². The summed E-state index contributed by atoms with van der Waals surface area (Å²) < 4.78 is 5.09. The van der Waals surface area contributed by atoms with Crippen LogP contribution in [-0.4, -0.2) is 25.2 Å². The van der Waals surface area contributed by atoms with Gasteiger partial charge in [0.05, 0.1) is 18.2 Å². The van der Waals surface area contributed by atoms with Crippen LogP contribution in [0.5, 0.6) is 0 Å². The Morgan fingerprint density at radius 3 is 2.33 bits per heavy atom. The summed E-state index contributed by atoms with van der Waals surface area (Å²) in [6.07, 6.45) is 5.53. The molecule has 0 heterocycles.